The van der Waals surface area contributed by atoms with E-state index in [0.717, 1.165) is 31.5 Å². The van der Waals surface area contributed by atoms with E-state index in [0.29, 0.717) is 29.0 Å². The third-order valence-electron chi connectivity index (χ3n) is 3.04. The first-order valence-electron chi connectivity index (χ1n) is 7.28. The van der Waals surface area contributed by atoms with Crippen LogP contribution < -0.4 is 14.8 Å². The second-order valence-electron chi connectivity index (χ2n) is 5.27. The quantitative estimate of drug-likeness (QED) is 0.691. The van der Waals surface area contributed by atoms with Gasteiger partial charge in [-0.05, 0) is 43.0 Å². The van der Waals surface area contributed by atoms with E-state index in [2.05, 4.69) is 26.1 Å². The van der Waals surface area contributed by atoms with Crippen LogP contribution in [0.3, 0.4) is 0 Å². The fourth-order valence-corrected chi connectivity index (χ4v) is 2.24. The zero-order chi connectivity index (χ0) is 15.0. The molecule has 1 N–H and O–H groups in total. The smallest absolute Gasteiger partial charge is 0.179 e. The number of methoxy groups -OCH3 is 1. The highest BCUT2D eigenvalue weighted by Gasteiger charge is 2.12. The maximum Gasteiger partial charge on any atom is 0.179 e. The van der Waals surface area contributed by atoms with E-state index >= 15 is 0 Å². The summed E-state index contributed by atoms with van der Waals surface area (Å²) in [6.45, 7) is 8.87. The summed E-state index contributed by atoms with van der Waals surface area (Å²) in [4.78, 5) is 0. The number of benzene rings is 1. The zero-order valence-electron chi connectivity index (χ0n) is 13.0. The van der Waals surface area contributed by atoms with Gasteiger partial charge in [0.05, 0.1) is 18.7 Å². The fraction of sp³-hybridized carbons (Fsp3) is 0.625. The van der Waals surface area contributed by atoms with Crippen LogP contribution in [0.15, 0.2) is 12.1 Å². The van der Waals surface area contributed by atoms with Gasteiger partial charge in [0.25, 0.3) is 0 Å². The number of ether oxygens (including phenoxy) is 2. The van der Waals surface area contributed by atoms with E-state index in [1.807, 2.05) is 12.1 Å². The summed E-state index contributed by atoms with van der Waals surface area (Å²) in [6.07, 6.45) is 2.18. The average molecular weight is 300 g/mol. The topological polar surface area (TPSA) is 30.5 Å². The third-order valence-corrected chi connectivity index (χ3v) is 3.32. The van der Waals surface area contributed by atoms with E-state index < -0.39 is 0 Å². The summed E-state index contributed by atoms with van der Waals surface area (Å²) in [7, 11) is 1.64. The highest BCUT2D eigenvalue weighted by molar-refractivity contribution is 6.32. The lowest BCUT2D eigenvalue weighted by atomic mass is 10.1. The summed E-state index contributed by atoms with van der Waals surface area (Å²) >= 11 is 6.30. The molecule has 0 aliphatic heterocycles. The Balaban J connectivity index is 2.69. The van der Waals surface area contributed by atoms with Crippen LogP contribution in [-0.4, -0.2) is 20.3 Å². The second-order valence-corrected chi connectivity index (χ2v) is 5.68. The van der Waals surface area contributed by atoms with Crippen molar-refractivity contribution in [2.24, 2.45) is 5.92 Å². The van der Waals surface area contributed by atoms with Crippen LogP contribution in [0.5, 0.6) is 11.5 Å². The number of rotatable bonds is 9. The standard InChI is InChI=1S/C16H26ClNO2/c1-5-18-11-13-9-14(17)16(15(10-13)19-4)20-8-6-7-12(2)3/h9-10,12,18H,5-8,11H2,1-4H3. The molecule has 114 valence electrons. The minimum atomic E-state index is 0.613. The predicted molar refractivity (Wildman–Crippen MR) is 85.0 cm³/mol. The van der Waals surface area contributed by atoms with Gasteiger partial charge >= 0.3 is 0 Å². The molecule has 0 atom stereocenters. The Bertz CT molecular complexity index is 408. The molecule has 0 saturated heterocycles. The number of hydrogen-bond acceptors (Lipinski definition) is 3. The minimum Gasteiger partial charge on any atom is -0.493 e. The second kappa shape index (κ2) is 9.09. The van der Waals surface area contributed by atoms with Crippen LogP contribution in [0.2, 0.25) is 5.02 Å². The molecule has 20 heavy (non-hydrogen) atoms. The lowest BCUT2D eigenvalue weighted by molar-refractivity contribution is 0.279. The highest BCUT2D eigenvalue weighted by Crippen LogP contribution is 2.36. The highest BCUT2D eigenvalue weighted by atomic mass is 35.5. The first-order chi connectivity index (χ1) is 9.58. The summed E-state index contributed by atoms with van der Waals surface area (Å²) in [5, 5.41) is 3.89. The Morgan fingerprint density at radius 2 is 2.05 bits per heavy atom. The van der Waals surface area contributed by atoms with Crippen LogP contribution in [-0.2, 0) is 6.54 Å². The molecular formula is C16H26ClNO2. The van der Waals surface area contributed by atoms with Gasteiger partial charge in [-0.2, -0.15) is 0 Å². The van der Waals surface area contributed by atoms with Gasteiger partial charge in [-0.3, -0.25) is 0 Å². The van der Waals surface area contributed by atoms with E-state index in [1.165, 1.54) is 0 Å². The monoisotopic (exact) mass is 299 g/mol. The lowest BCUT2D eigenvalue weighted by Gasteiger charge is -2.14. The minimum absolute atomic E-state index is 0.613. The molecule has 1 rings (SSSR count). The molecule has 0 fully saturated rings. The van der Waals surface area contributed by atoms with Gasteiger partial charge in [0.15, 0.2) is 11.5 Å². The molecule has 0 heterocycles. The van der Waals surface area contributed by atoms with Crippen molar-refractivity contribution in [2.75, 3.05) is 20.3 Å². The van der Waals surface area contributed by atoms with Crippen LogP contribution in [0.25, 0.3) is 0 Å². The molecule has 0 bridgehead atoms. The Morgan fingerprint density at radius 1 is 1.30 bits per heavy atom. The van der Waals surface area contributed by atoms with E-state index in [9.17, 15) is 0 Å². The molecule has 1 aromatic carbocycles. The average Bonchev–Trinajstić information content (AvgIpc) is 2.42. The molecule has 4 heteroatoms. The molecule has 0 aliphatic rings. The molecule has 0 aromatic heterocycles. The van der Waals surface area contributed by atoms with Crippen molar-refractivity contribution < 1.29 is 9.47 Å². The largest absolute Gasteiger partial charge is 0.493 e. The van der Waals surface area contributed by atoms with E-state index in [4.69, 9.17) is 21.1 Å². The SMILES string of the molecule is CCNCc1cc(Cl)c(OCCCC(C)C)c(OC)c1. The Morgan fingerprint density at radius 3 is 2.65 bits per heavy atom. The van der Waals surface area contributed by atoms with Gasteiger partial charge in [0.1, 0.15) is 0 Å². The third kappa shape index (κ3) is 5.59. The van der Waals surface area contributed by atoms with E-state index in [1.54, 1.807) is 7.11 Å². The molecule has 0 saturated carbocycles. The maximum atomic E-state index is 6.30. The normalized spacial score (nSPS) is 10.9. The summed E-state index contributed by atoms with van der Waals surface area (Å²) in [6, 6.07) is 3.91. The molecule has 0 aliphatic carbocycles. The van der Waals surface area contributed by atoms with Gasteiger partial charge < -0.3 is 14.8 Å². The summed E-state index contributed by atoms with van der Waals surface area (Å²) < 4.78 is 11.2. The van der Waals surface area contributed by atoms with Gasteiger partial charge in [0.2, 0.25) is 0 Å². The van der Waals surface area contributed by atoms with Crippen molar-refractivity contribution in [2.45, 2.75) is 40.2 Å². The molecule has 0 radical (unpaired) electrons. The van der Waals surface area contributed by atoms with Crippen LogP contribution in [0.4, 0.5) is 0 Å². The van der Waals surface area contributed by atoms with E-state index in [-0.39, 0.29) is 0 Å². The molecular weight excluding hydrogens is 274 g/mol. The lowest BCUT2D eigenvalue weighted by Crippen LogP contribution is -2.12. The molecule has 0 spiro atoms. The van der Waals surface area contributed by atoms with Crippen LogP contribution in [0, 0.1) is 5.92 Å². The fourth-order valence-electron chi connectivity index (χ4n) is 1.95. The number of hydrogen-bond donors (Lipinski definition) is 1. The zero-order valence-corrected chi connectivity index (χ0v) is 13.7. The molecule has 1 aromatic rings. The van der Waals surface area contributed by atoms with Crippen molar-refractivity contribution in [1.82, 2.24) is 5.32 Å². The van der Waals surface area contributed by atoms with Crippen molar-refractivity contribution in [3.05, 3.63) is 22.7 Å². The van der Waals surface area contributed by atoms with Gasteiger partial charge in [0, 0.05) is 6.54 Å². The Hall–Kier alpha value is -0.930. The van der Waals surface area contributed by atoms with Crippen LogP contribution >= 0.6 is 11.6 Å². The first kappa shape index (κ1) is 17.1. The molecule has 3 nitrogen and oxygen atoms in total. The maximum absolute atomic E-state index is 6.30. The molecule has 0 unspecified atom stereocenters. The van der Waals surface area contributed by atoms with Crippen molar-refractivity contribution >= 4 is 11.6 Å². The van der Waals surface area contributed by atoms with Gasteiger partial charge in [-0.25, -0.2) is 0 Å². The van der Waals surface area contributed by atoms with Gasteiger partial charge in [-0.15, -0.1) is 0 Å². The Labute approximate surface area is 127 Å². The first-order valence-corrected chi connectivity index (χ1v) is 7.66. The van der Waals surface area contributed by atoms with Gasteiger partial charge in [-0.1, -0.05) is 32.4 Å². The van der Waals surface area contributed by atoms with Crippen molar-refractivity contribution in [1.29, 1.82) is 0 Å². The molecule has 0 amide bonds. The van der Waals surface area contributed by atoms with Crippen molar-refractivity contribution in [3.63, 3.8) is 0 Å². The Kier molecular flexibility index (Phi) is 7.78. The number of halogens is 1. The summed E-state index contributed by atoms with van der Waals surface area (Å²) in [5.74, 6) is 2.05. The number of nitrogens with one attached hydrogen (secondary N) is 1. The predicted octanol–water partition coefficient (Wildman–Crippen LogP) is 4.27. The summed E-state index contributed by atoms with van der Waals surface area (Å²) in [5.41, 5.74) is 1.10. The van der Waals surface area contributed by atoms with Crippen molar-refractivity contribution in [3.8, 4) is 11.5 Å². The van der Waals surface area contributed by atoms with Crippen LogP contribution in [0.1, 0.15) is 39.2 Å².